The maximum atomic E-state index is 10.0. The summed E-state index contributed by atoms with van der Waals surface area (Å²) in [6.45, 7) is 2.83. The molecule has 4 heteroatoms. The standard InChI is InChI=1S/C13H27NO3/c1-17-9-7-14(6-8-15)11-13(16)10-12-4-2-3-5-12/h12-13,15-16H,2-11H2,1H3. The zero-order chi connectivity index (χ0) is 12.5. The van der Waals surface area contributed by atoms with Gasteiger partial charge in [0.25, 0.3) is 0 Å². The Morgan fingerprint density at radius 3 is 2.59 bits per heavy atom. The molecule has 1 fully saturated rings. The second-order valence-corrected chi connectivity index (χ2v) is 5.06. The number of aliphatic hydroxyl groups excluding tert-OH is 2. The van der Waals surface area contributed by atoms with Gasteiger partial charge in [-0.15, -0.1) is 0 Å². The van der Waals surface area contributed by atoms with E-state index in [1.165, 1.54) is 25.7 Å². The first-order valence-electron chi connectivity index (χ1n) is 6.76. The van der Waals surface area contributed by atoms with Crippen molar-refractivity contribution in [1.29, 1.82) is 0 Å². The fourth-order valence-corrected chi connectivity index (χ4v) is 2.66. The van der Waals surface area contributed by atoms with Crippen LogP contribution < -0.4 is 0 Å². The van der Waals surface area contributed by atoms with Crippen LogP contribution in [0.15, 0.2) is 0 Å². The summed E-state index contributed by atoms with van der Waals surface area (Å²) in [6, 6.07) is 0. The first-order valence-corrected chi connectivity index (χ1v) is 6.76. The number of nitrogens with zero attached hydrogens (tertiary/aromatic N) is 1. The number of rotatable bonds is 9. The van der Waals surface area contributed by atoms with Crippen molar-refractivity contribution in [2.45, 2.75) is 38.2 Å². The summed E-state index contributed by atoms with van der Waals surface area (Å²) >= 11 is 0. The van der Waals surface area contributed by atoms with Gasteiger partial charge >= 0.3 is 0 Å². The first kappa shape index (κ1) is 14.9. The van der Waals surface area contributed by atoms with Crippen molar-refractivity contribution in [3.63, 3.8) is 0 Å². The molecule has 0 spiro atoms. The molecule has 1 unspecified atom stereocenters. The lowest BCUT2D eigenvalue weighted by molar-refractivity contribution is 0.0656. The Bertz CT molecular complexity index is 184. The van der Waals surface area contributed by atoms with E-state index >= 15 is 0 Å². The van der Waals surface area contributed by atoms with E-state index in [9.17, 15) is 5.11 Å². The van der Waals surface area contributed by atoms with Crippen LogP contribution in [0.2, 0.25) is 0 Å². The molecule has 102 valence electrons. The third kappa shape index (κ3) is 6.36. The van der Waals surface area contributed by atoms with Gasteiger partial charge in [0, 0.05) is 26.7 Å². The highest BCUT2D eigenvalue weighted by Gasteiger charge is 2.20. The van der Waals surface area contributed by atoms with Crippen LogP contribution in [0.25, 0.3) is 0 Å². The number of hydrogen-bond donors (Lipinski definition) is 2. The van der Waals surface area contributed by atoms with Crippen LogP contribution in [-0.2, 0) is 4.74 Å². The highest BCUT2D eigenvalue weighted by Crippen LogP contribution is 2.28. The molecule has 0 radical (unpaired) electrons. The SMILES string of the molecule is COCCN(CCO)CC(O)CC1CCCC1. The molecule has 0 aromatic heterocycles. The predicted molar refractivity (Wildman–Crippen MR) is 68.0 cm³/mol. The van der Waals surface area contributed by atoms with E-state index in [1.807, 2.05) is 0 Å². The Morgan fingerprint density at radius 2 is 2.00 bits per heavy atom. The monoisotopic (exact) mass is 245 g/mol. The summed E-state index contributed by atoms with van der Waals surface area (Å²) in [5.41, 5.74) is 0. The molecule has 1 saturated carbocycles. The lowest BCUT2D eigenvalue weighted by Gasteiger charge is -2.25. The Balaban J connectivity index is 2.21. The summed E-state index contributed by atoms with van der Waals surface area (Å²) in [5, 5.41) is 19.0. The maximum absolute atomic E-state index is 10.0. The third-order valence-corrected chi connectivity index (χ3v) is 3.58. The van der Waals surface area contributed by atoms with Gasteiger partial charge in [0.2, 0.25) is 0 Å². The maximum Gasteiger partial charge on any atom is 0.0669 e. The van der Waals surface area contributed by atoms with Gasteiger partial charge in [0.1, 0.15) is 0 Å². The predicted octanol–water partition coefficient (Wildman–Crippen LogP) is 0.868. The molecule has 0 aromatic rings. The van der Waals surface area contributed by atoms with Crippen LogP contribution in [0, 0.1) is 5.92 Å². The largest absolute Gasteiger partial charge is 0.395 e. The minimum absolute atomic E-state index is 0.139. The van der Waals surface area contributed by atoms with Crippen LogP contribution in [0.3, 0.4) is 0 Å². The van der Waals surface area contributed by atoms with Gasteiger partial charge in [-0.2, -0.15) is 0 Å². The van der Waals surface area contributed by atoms with Gasteiger partial charge < -0.3 is 14.9 Å². The molecular weight excluding hydrogens is 218 g/mol. The van der Waals surface area contributed by atoms with E-state index in [-0.39, 0.29) is 12.7 Å². The van der Waals surface area contributed by atoms with E-state index in [0.717, 1.165) is 13.0 Å². The van der Waals surface area contributed by atoms with E-state index in [1.54, 1.807) is 7.11 Å². The number of hydrogen-bond acceptors (Lipinski definition) is 4. The van der Waals surface area contributed by atoms with E-state index in [2.05, 4.69) is 4.90 Å². The van der Waals surface area contributed by atoms with Crippen molar-refractivity contribution in [3.05, 3.63) is 0 Å². The number of ether oxygens (including phenoxy) is 1. The van der Waals surface area contributed by atoms with Crippen molar-refractivity contribution < 1.29 is 14.9 Å². The van der Waals surface area contributed by atoms with Gasteiger partial charge in [-0.05, 0) is 12.3 Å². The van der Waals surface area contributed by atoms with Gasteiger partial charge in [-0.3, -0.25) is 4.90 Å². The first-order chi connectivity index (χ1) is 8.26. The van der Waals surface area contributed by atoms with Crippen LogP contribution >= 0.6 is 0 Å². The molecule has 2 N–H and O–H groups in total. The minimum Gasteiger partial charge on any atom is -0.395 e. The highest BCUT2D eigenvalue weighted by molar-refractivity contribution is 4.73. The van der Waals surface area contributed by atoms with E-state index in [4.69, 9.17) is 9.84 Å². The van der Waals surface area contributed by atoms with Crippen LogP contribution in [0.4, 0.5) is 0 Å². The van der Waals surface area contributed by atoms with Gasteiger partial charge in [-0.25, -0.2) is 0 Å². The second kappa shape index (κ2) is 8.86. The minimum atomic E-state index is -0.262. The molecule has 4 nitrogen and oxygen atoms in total. The summed E-state index contributed by atoms with van der Waals surface area (Å²) in [5.74, 6) is 0.711. The fraction of sp³-hybridized carbons (Fsp3) is 1.00. The molecule has 1 aliphatic rings. The molecule has 1 rings (SSSR count). The summed E-state index contributed by atoms with van der Waals surface area (Å²) < 4.78 is 5.03. The van der Waals surface area contributed by atoms with Crippen molar-refractivity contribution in [1.82, 2.24) is 4.90 Å². The number of methoxy groups -OCH3 is 1. The molecule has 0 amide bonds. The van der Waals surface area contributed by atoms with Crippen LogP contribution in [0.1, 0.15) is 32.1 Å². The molecule has 0 saturated heterocycles. The molecule has 0 bridgehead atoms. The van der Waals surface area contributed by atoms with Crippen molar-refractivity contribution >= 4 is 0 Å². The lowest BCUT2D eigenvalue weighted by atomic mass is 10.00. The fourth-order valence-electron chi connectivity index (χ4n) is 2.66. The van der Waals surface area contributed by atoms with Gasteiger partial charge in [0.15, 0.2) is 0 Å². The summed E-state index contributed by atoms with van der Waals surface area (Å²) in [4.78, 5) is 2.07. The Labute approximate surface area is 105 Å². The van der Waals surface area contributed by atoms with Gasteiger partial charge in [-0.1, -0.05) is 25.7 Å². The van der Waals surface area contributed by atoms with Crippen molar-refractivity contribution in [3.8, 4) is 0 Å². The average Bonchev–Trinajstić information content (AvgIpc) is 2.78. The average molecular weight is 245 g/mol. The molecule has 0 aliphatic heterocycles. The molecule has 1 atom stereocenters. The third-order valence-electron chi connectivity index (χ3n) is 3.58. The smallest absolute Gasteiger partial charge is 0.0669 e. The van der Waals surface area contributed by atoms with Crippen molar-refractivity contribution in [2.24, 2.45) is 5.92 Å². The summed E-state index contributed by atoms with van der Waals surface area (Å²) in [6.07, 6.45) is 5.84. The molecule has 0 aromatic carbocycles. The van der Waals surface area contributed by atoms with E-state index in [0.29, 0.717) is 25.6 Å². The van der Waals surface area contributed by atoms with Crippen LogP contribution in [0.5, 0.6) is 0 Å². The topological polar surface area (TPSA) is 52.9 Å². The Morgan fingerprint density at radius 1 is 1.29 bits per heavy atom. The Hall–Kier alpha value is -0.160. The van der Waals surface area contributed by atoms with Crippen LogP contribution in [-0.4, -0.2) is 61.2 Å². The van der Waals surface area contributed by atoms with Crippen molar-refractivity contribution in [2.75, 3.05) is 40.0 Å². The lowest BCUT2D eigenvalue weighted by Crippen LogP contribution is -2.37. The highest BCUT2D eigenvalue weighted by atomic mass is 16.5. The normalized spacial score (nSPS) is 19.1. The Kier molecular flexibility index (Phi) is 7.77. The zero-order valence-electron chi connectivity index (χ0n) is 11.0. The zero-order valence-corrected chi connectivity index (χ0v) is 11.0. The van der Waals surface area contributed by atoms with Gasteiger partial charge in [0.05, 0.1) is 19.3 Å². The second-order valence-electron chi connectivity index (χ2n) is 5.06. The molecule has 0 heterocycles. The van der Waals surface area contributed by atoms with E-state index < -0.39 is 0 Å². The quantitative estimate of drug-likeness (QED) is 0.633. The summed E-state index contributed by atoms with van der Waals surface area (Å²) in [7, 11) is 1.67. The molecular formula is C13H27NO3. The molecule has 1 aliphatic carbocycles. The molecule has 17 heavy (non-hydrogen) atoms. The number of aliphatic hydroxyl groups is 2.